The smallest absolute Gasteiger partial charge is 0.0754 e. The molecule has 0 atom stereocenters. The third-order valence-corrected chi connectivity index (χ3v) is 12.9. The number of anilines is 3. The topological polar surface area (TPSA) is 3.24 Å². The predicted molar refractivity (Wildman–Crippen MR) is 251 cm³/mol. The maximum atomic E-state index is 2.52. The standard InChI is InChI=1S/C59H39N/c1-3-18-41(19-4-1)47-23-9-11-25-49(47)44-32-35-57-55(38-44)59(53-29-15-13-27-51(53)52-28-14-16-30-54(52)59)56-39-45(50-26-12-10-24-48(50)42-20-5-2-6-21-42)33-36-58(56)60(57)46-34-31-40-17-7-8-22-43(40)37-46/h1-39H. The van der Waals surface area contributed by atoms with Crippen molar-refractivity contribution in [3.8, 4) is 55.6 Å². The minimum atomic E-state index is -0.611. The molecule has 1 heteroatoms. The number of fused-ring (bicyclic) bond motifs is 10. The van der Waals surface area contributed by atoms with Crippen molar-refractivity contribution in [3.05, 3.63) is 259 Å². The Balaban J connectivity index is 1.20. The summed E-state index contributed by atoms with van der Waals surface area (Å²) >= 11 is 0. The van der Waals surface area contributed by atoms with E-state index in [2.05, 4.69) is 241 Å². The lowest BCUT2D eigenvalue weighted by molar-refractivity contribution is 0.753. The number of hydrogen-bond acceptors (Lipinski definition) is 1. The van der Waals surface area contributed by atoms with Crippen LogP contribution in [-0.2, 0) is 5.41 Å². The quantitative estimate of drug-likeness (QED) is 0.169. The predicted octanol–water partition coefficient (Wildman–Crippen LogP) is 15.7. The lowest BCUT2D eigenvalue weighted by atomic mass is 9.64. The summed E-state index contributed by atoms with van der Waals surface area (Å²) < 4.78 is 0. The summed E-state index contributed by atoms with van der Waals surface area (Å²) in [6.45, 7) is 0. The summed E-state index contributed by atoms with van der Waals surface area (Å²) in [7, 11) is 0. The summed E-state index contributed by atoms with van der Waals surface area (Å²) in [6.07, 6.45) is 0. The van der Waals surface area contributed by atoms with Crippen LogP contribution in [0.25, 0.3) is 66.4 Å². The Morgan fingerprint density at radius 2 is 0.650 bits per heavy atom. The van der Waals surface area contributed by atoms with Crippen molar-refractivity contribution < 1.29 is 0 Å². The molecule has 1 aliphatic heterocycles. The van der Waals surface area contributed by atoms with Gasteiger partial charge in [0.25, 0.3) is 0 Å². The Morgan fingerprint density at radius 3 is 1.15 bits per heavy atom. The Kier molecular flexibility index (Phi) is 7.83. The van der Waals surface area contributed by atoms with Gasteiger partial charge in [0.2, 0.25) is 0 Å². The molecular weight excluding hydrogens is 723 g/mol. The van der Waals surface area contributed by atoms with Crippen molar-refractivity contribution >= 4 is 27.8 Å². The first-order valence-corrected chi connectivity index (χ1v) is 20.8. The second-order valence-corrected chi connectivity index (χ2v) is 16.0. The van der Waals surface area contributed by atoms with Crippen molar-refractivity contribution in [3.63, 3.8) is 0 Å². The van der Waals surface area contributed by atoms with Gasteiger partial charge in [-0.2, -0.15) is 0 Å². The van der Waals surface area contributed by atoms with Crippen LogP contribution in [-0.4, -0.2) is 0 Å². The largest absolute Gasteiger partial charge is 0.310 e. The number of nitrogens with zero attached hydrogens (tertiary/aromatic N) is 1. The van der Waals surface area contributed by atoms with E-state index in [1.165, 1.54) is 100 Å². The van der Waals surface area contributed by atoms with Gasteiger partial charge in [-0.3, -0.25) is 0 Å². The maximum Gasteiger partial charge on any atom is 0.0754 e. The van der Waals surface area contributed by atoms with Crippen LogP contribution in [0.1, 0.15) is 22.3 Å². The van der Waals surface area contributed by atoms with Gasteiger partial charge in [-0.1, -0.05) is 200 Å². The van der Waals surface area contributed by atoms with E-state index in [0.717, 1.165) is 5.69 Å². The van der Waals surface area contributed by atoms with Crippen molar-refractivity contribution in [1.29, 1.82) is 0 Å². The van der Waals surface area contributed by atoms with Crippen molar-refractivity contribution in [2.75, 3.05) is 4.90 Å². The van der Waals surface area contributed by atoms with Gasteiger partial charge in [0, 0.05) is 5.69 Å². The highest BCUT2D eigenvalue weighted by Gasteiger charge is 2.52. The minimum Gasteiger partial charge on any atom is -0.310 e. The Morgan fingerprint density at radius 1 is 0.250 bits per heavy atom. The molecule has 0 aromatic heterocycles. The SMILES string of the molecule is c1ccc(-c2ccccc2-c2ccc3c(c2)C2(c4ccccc4-c4ccccc42)c2cc(-c4ccccc4-c4ccccc4)ccc2N3c2ccc3ccccc3c2)cc1. The molecule has 2 aliphatic rings. The van der Waals surface area contributed by atoms with Crippen LogP contribution in [0.3, 0.4) is 0 Å². The summed E-state index contributed by atoms with van der Waals surface area (Å²) in [5, 5.41) is 2.45. The highest BCUT2D eigenvalue weighted by atomic mass is 15.2. The van der Waals surface area contributed by atoms with Gasteiger partial charge >= 0.3 is 0 Å². The van der Waals surface area contributed by atoms with Crippen LogP contribution in [0.4, 0.5) is 17.1 Å². The average Bonchev–Trinajstić information content (AvgIpc) is 3.62. The molecule has 10 aromatic rings. The van der Waals surface area contributed by atoms with Crippen molar-refractivity contribution in [1.82, 2.24) is 0 Å². The van der Waals surface area contributed by atoms with Crippen LogP contribution in [0.15, 0.2) is 237 Å². The molecule has 0 bridgehead atoms. The van der Waals surface area contributed by atoms with Gasteiger partial charge in [0.05, 0.1) is 16.8 Å². The molecule has 1 spiro atoms. The first kappa shape index (κ1) is 34.3. The maximum absolute atomic E-state index is 2.52. The van der Waals surface area contributed by atoms with E-state index in [1.54, 1.807) is 0 Å². The molecule has 1 nitrogen and oxygen atoms in total. The van der Waals surface area contributed by atoms with Crippen LogP contribution < -0.4 is 4.90 Å². The lowest BCUT2D eigenvalue weighted by Crippen LogP contribution is -2.36. The summed E-state index contributed by atoms with van der Waals surface area (Å²) in [4.78, 5) is 2.52. The van der Waals surface area contributed by atoms with Crippen LogP contribution in [0, 0.1) is 0 Å². The van der Waals surface area contributed by atoms with E-state index in [9.17, 15) is 0 Å². The molecule has 0 fully saturated rings. The third-order valence-electron chi connectivity index (χ3n) is 12.9. The molecule has 1 aliphatic carbocycles. The van der Waals surface area contributed by atoms with Gasteiger partial charge in [-0.25, -0.2) is 0 Å². The van der Waals surface area contributed by atoms with Gasteiger partial charge in [0.15, 0.2) is 0 Å². The molecule has 12 rings (SSSR count). The second kappa shape index (κ2) is 13.7. The van der Waals surface area contributed by atoms with Gasteiger partial charge in [-0.15, -0.1) is 0 Å². The van der Waals surface area contributed by atoms with Gasteiger partial charge in [-0.05, 0) is 125 Å². The molecule has 0 saturated heterocycles. The van der Waals surface area contributed by atoms with Crippen LogP contribution >= 0.6 is 0 Å². The molecule has 0 radical (unpaired) electrons. The monoisotopic (exact) mass is 761 g/mol. The molecule has 60 heavy (non-hydrogen) atoms. The van der Waals surface area contributed by atoms with E-state index in [0.29, 0.717) is 0 Å². The highest BCUT2D eigenvalue weighted by molar-refractivity contribution is 6.00. The summed E-state index contributed by atoms with van der Waals surface area (Å²) in [6, 6.07) is 87.6. The first-order chi connectivity index (χ1) is 29.8. The normalized spacial score (nSPS) is 13.1. The van der Waals surface area contributed by atoms with E-state index in [-0.39, 0.29) is 0 Å². The third kappa shape index (κ3) is 5.13. The molecule has 0 N–H and O–H groups in total. The molecule has 0 unspecified atom stereocenters. The van der Waals surface area contributed by atoms with E-state index in [1.807, 2.05) is 0 Å². The molecule has 0 saturated carbocycles. The number of hydrogen-bond donors (Lipinski definition) is 0. The van der Waals surface area contributed by atoms with Gasteiger partial charge in [0.1, 0.15) is 0 Å². The Labute approximate surface area is 351 Å². The Hall–Kier alpha value is -7.74. The minimum absolute atomic E-state index is 0.611. The fourth-order valence-corrected chi connectivity index (χ4v) is 10.3. The number of benzene rings is 10. The fraction of sp³-hybridized carbons (Fsp3) is 0.0169. The fourth-order valence-electron chi connectivity index (χ4n) is 10.3. The van der Waals surface area contributed by atoms with Crippen molar-refractivity contribution in [2.24, 2.45) is 0 Å². The molecule has 10 aromatic carbocycles. The van der Waals surface area contributed by atoms with Crippen molar-refractivity contribution in [2.45, 2.75) is 5.41 Å². The van der Waals surface area contributed by atoms with Crippen LogP contribution in [0.5, 0.6) is 0 Å². The second-order valence-electron chi connectivity index (χ2n) is 16.0. The van der Waals surface area contributed by atoms with Gasteiger partial charge < -0.3 is 4.90 Å². The molecule has 1 heterocycles. The zero-order chi connectivity index (χ0) is 39.6. The summed E-state index contributed by atoms with van der Waals surface area (Å²) in [5.74, 6) is 0. The zero-order valence-corrected chi connectivity index (χ0v) is 33.0. The highest BCUT2D eigenvalue weighted by Crippen LogP contribution is 2.64. The average molecular weight is 762 g/mol. The van der Waals surface area contributed by atoms with E-state index >= 15 is 0 Å². The van der Waals surface area contributed by atoms with E-state index < -0.39 is 5.41 Å². The van der Waals surface area contributed by atoms with E-state index in [4.69, 9.17) is 0 Å². The lowest BCUT2D eigenvalue weighted by Gasteiger charge is -2.45. The molecule has 280 valence electrons. The zero-order valence-electron chi connectivity index (χ0n) is 33.0. The molecule has 0 amide bonds. The summed E-state index contributed by atoms with van der Waals surface area (Å²) in [5.41, 5.74) is 20.3. The molecular formula is C59H39N. The Bertz CT molecular complexity index is 3090. The number of rotatable bonds is 5. The first-order valence-electron chi connectivity index (χ1n) is 20.8. The van der Waals surface area contributed by atoms with Crippen LogP contribution in [0.2, 0.25) is 0 Å².